The molecule has 1 aromatic heterocycles. The van der Waals surface area contributed by atoms with Crippen molar-refractivity contribution in [3.8, 4) is 0 Å². The summed E-state index contributed by atoms with van der Waals surface area (Å²) < 4.78 is 0. The van der Waals surface area contributed by atoms with E-state index in [2.05, 4.69) is 16.4 Å². The maximum absolute atomic E-state index is 11.6. The molecule has 0 saturated carbocycles. The minimum absolute atomic E-state index is 0.160. The molecule has 0 bridgehead atoms. The van der Waals surface area contributed by atoms with Crippen molar-refractivity contribution in [2.24, 2.45) is 0 Å². The van der Waals surface area contributed by atoms with E-state index in [1.807, 2.05) is 24.2 Å². The number of amides is 1. The SMILES string of the molecule is CNc1ccc([C@H]2CCCCN2C(C)=O)cn1. The minimum atomic E-state index is 0.160. The van der Waals surface area contributed by atoms with Crippen LogP contribution in [0, 0.1) is 0 Å². The second-order valence-electron chi connectivity index (χ2n) is 4.45. The standard InChI is InChI=1S/C13H19N3O/c1-10(17)16-8-4-3-5-12(16)11-6-7-13(14-2)15-9-11/h6-7,9,12H,3-5,8H2,1-2H3,(H,14,15)/t12-/m1/s1. The molecule has 1 aliphatic heterocycles. The molecule has 1 N–H and O–H groups in total. The lowest BCUT2D eigenvalue weighted by molar-refractivity contribution is -0.132. The van der Waals surface area contributed by atoms with Crippen molar-refractivity contribution >= 4 is 11.7 Å². The van der Waals surface area contributed by atoms with Gasteiger partial charge in [0.15, 0.2) is 0 Å². The van der Waals surface area contributed by atoms with Crippen molar-refractivity contribution in [2.75, 3.05) is 18.9 Å². The molecule has 1 aliphatic rings. The Morgan fingerprint density at radius 3 is 2.88 bits per heavy atom. The van der Waals surface area contributed by atoms with Crippen LogP contribution in [0.2, 0.25) is 0 Å². The summed E-state index contributed by atoms with van der Waals surface area (Å²) in [4.78, 5) is 17.9. The number of carbonyl (C=O) groups is 1. The molecule has 1 aromatic rings. The lowest BCUT2D eigenvalue weighted by Gasteiger charge is -2.35. The van der Waals surface area contributed by atoms with Crippen molar-refractivity contribution in [2.45, 2.75) is 32.2 Å². The Morgan fingerprint density at radius 1 is 1.47 bits per heavy atom. The first kappa shape index (κ1) is 11.9. The van der Waals surface area contributed by atoms with Gasteiger partial charge in [0, 0.05) is 26.7 Å². The second-order valence-corrected chi connectivity index (χ2v) is 4.45. The first-order chi connectivity index (χ1) is 8.22. The molecule has 0 unspecified atom stereocenters. The number of carbonyl (C=O) groups excluding carboxylic acids is 1. The predicted octanol–water partition coefficient (Wildman–Crippen LogP) is 2.20. The van der Waals surface area contributed by atoms with Gasteiger partial charge in [0.1, 0.15) is 5.82 Å². The monoisotopic (exact) mass is 233 g/mol. The summed E-state index contributed by atoms with van der Waals surface area (Å²) in [5.41, 5.74) is 1.14. The Hall–Kier alpha value is -1.58. The van der Waals surface area contributed by atoms with Crippen LogP contribution in [0.25, 0.3) is 0 Å². The van der Waals surface area contributed by atoms with Crippen LogP contribution in [0.4, 0.5) is 5.82 Å². The van der Waals surface area contributed by atoms with Crippen LogP contribution in [-0.4, -0.2) is 29.4 Å². The Morgan fingerprint density at radius 2 is 2.29 bits per heavy atom. The highest BCUT2D eigenvalue weighted by Crippen LogP contribution is 2.30. The number of hydrogen-bond acceptors (Lipinski definition) is 3. The number of likely N-dealkylation sites (tertiary alicyclic amines) is 1. The fourth-order valence-corrected chi connectivity index (χ4v) is 2.41. The maximum atomic E-state index is 11.6. The molecular formula is C13H19N3O. The average molecular weight is 233 g/mol. The number of nitrogens with zero attached hydrogens (tertiary/aromatic N) is 2. The first-order valence-electron chi connectivity index (χ1n) is 6.13. The zero-order valence-electron chi connectivity index (χ0n) is 10.4. The number of piperidine rings is 1. The maximum Gasteiger partial charge on any atom is 0.219 e. The summed E-state index contributed by atoms with van der Waals surface area (Å²) in [6.45, 7) is 2.52. The van der Waals surface area contributed by atoms with Crippen molar-refractivity contribution in [3.05, 3.63) is 23.9 Å². The van der Waals surface area contributed by atoms with E-state index in [1.54, 1.807) is 6.92 Å². The highest BCUT2D eigenvalue weighted by atomic mass is 16.2. The van der Waals surface area contributed by atoms with Gasteiger partial charge < -0.3 is 10.2 Å². The lowest BCUT2D eigenvalue weighted by Crippen LogP contribution is -2.36. The summed E-state index contributed by atoms with van der Waals surface area (Å²) in [6.07, 6.45) is 5.21. The molecule has 2 rings (SSSR count). The van der Waals surface area contributed by atoms with Crippen LogP contribution in [0.5, 0.6) is 0 Å². The highest BCUT2D eigenvalue weighted by molar-refractivity contribution is 5.74. The predicted molar refractivity (Wildman–Crippen MR) is 67.8 cm³/mol. The Balaban J connectivity index is 2.20. The number of aromatic nitrogens is 1. The Bertz CT molecular complexity index is 388. The molecule has 1 fully saturated rings. The van der Waals surface area contributed by atoms with Gasteiger partial charge in [-0.1, -0.05) is 6.07 Å². The summed E-state index contributed by atoms with van der Waals surface area (Å²) in [6, 6.07) is 4.23. The Kier molecular flexibility index (Phi) is 3.61. The van der Waals surface area contributed by atoms with Gasteiger partial charge in [0.2, 0.25) is 5.91 Å². The van der Waals surface area contributed by atoms with Gasteiger partial charge >= 0.3 is 0 Å². The van der Waals surface area contributed by atoms with Gasteiger partial charge in [0.05, 0.1) is 6.04 Å². The molecule has 1 atom stereocenters. The number of rotatable bonds is 2. The van der Waals surface area contributed by atoms with Crippen molar-refractivity contribution < 1.29 is 4.79 Å². The van der Waals surface area contributed by atoms with Crippen molar-refractivity contribution in [1.29, 1.82) is 0 Å². The summed E-state index contributed by atoms with van der Waals surface area (Å²) in [7, 11) is 1.85. The Labute approximate surface area is 102 Å². The van der Waals surface area contributed by atoms with E-state index in [0.717, 1.165) is 30.8 Å². The quantitative estimate of drug-likeness (QED) is 0.851. The van der Waals surface area contributed by atoms with Crippen LogP contribution >= 0.6 is 0 Å². The zero-order valence-corrected chi connectivity index (χ0v) is 10.4. The molecule has 0 aliphatic carbocycles. The third-order valence-corrected chi connectivity index (χ3v) is 3.33. The van der Waals surface area contributed by atoms with Crippen LogP contribution < -0.4 is 5.32 Å². The molecule has 0 aromatic carbocycles. The van der Waals surface area contributed by atoms with Crippen LogP contribution in [0.15, 0.2) is 18.3 Å². The van der Waals surface area contributed by atoms with Gasteiger partial charge in [-0.15, -0.1) is 0 Å². The van der Waals surface area contributed by atoms with Gasteiger partial charge in [0.25, 0.3) is 0 Å². The normalized spacial score (nSPS) is 20.1. The smallest absolute Gasteiger partial charge is 0.219 e. The highest BCUT2D eigenvalue weighted by Gasteiger charge is 2.25. The van der Waals surface area contributed by atoms with Crippen LogP contribution in [0.1, 0.15) is 37.8 Å². The second kappa shape index (κ2) is 5.17. The van der Waals surface area contributed by atoms with E-state index in [-0.39, 0.29) is 11.9 Å². The van der Waals surface area contributed by atoms with Gasteiger partial charge in [-0.25, -0.2) is 4.98 Å². The largest absolute Gasteiger partial charge is 0.373 e. The average Bonchev–Trinajstić information content (AvgIpc) is 2.39. The lowest BCUT2D eigenvalue weighted by atomic mass is 9.96. The number of hydrogen-bond donors (Lipinski definition) is 1. The summed E-state index contributed by atoms with van der Waals surface area (Å²) >= 11 is 0. The number of nitrogens with one attached hydrogen (secondary N) is 1. The molecule has 4 nitrogen and oxygen atoms in total. The molecule has 4 heteroatoms. The van der Waals surface area contributed by atoms with Gasteiger partial charge in [-0.05, 0) is 30.9 Å². The zero-order chi connectivity index (χ0) is 12.3. The molecule has 1 amide bonds. The van der Waals surface area contributed by atoms with E-state index in [4.69, 9.17) is 0 Å². The minimum Gasteiger partial charge on any atom is -0.373 e. The molecule has 1 saturated heterocycles. The molecule has 92 valence electrons. The first-order valence-corrected chi connectivity index (χ1v) is 6.13. The van der Waals surface area contributed by atoms with Crippen molar-refractivity contribution in [1.82, 2.24) is 9.88 Å². The number of anilines is 1. The fourth-order valence-electron chi connectivity index (χ4n) is 2.41. The summed E-state index contributed by atoms with van der Waals surface area (Å²) in [5.74, 6) is 1.02. The molecular weight excluding hydrogens is 214 g/mol. The van der Waals surface area contributed by atoms with E-state index >= 15 is 0 Å². The third-order valence-electron chi connectivity index (χ3n) is 3.33. The van der Waals surface area contributed by atoms with E-state index in [1.165, 1.54) is 6.42 Å². The van der Waals surface area contributed by atoms with Gasteiger partial charge in [-0.3, -0.25) is 4.79 Å². The van der Waals surface area contributed by atoms with E-state index < -0.39 is 0 Å². The molecule has 17 heavy (non-hydrogen) atoms. The number of pyridine rings is 1. The van der Waals surface area contributed by atoms with Crippen LogP contribution in [0.3, 0.4) is 0 Å². The molecule has 0 spiro atoms. The van der Waals surface area contributed by atoms with Crippen molar-refractivity contribution in [3.63, 3.8) is 0 Å². The molecule has 2 heterocycles. The third kappa shape index (κ3) is 2.57. The van der Waals surface area contributed by atoms with E-state index in [0.29, 0.717) is 0 Å². The summed E-state index contributed by atoms with van der Waals surface area (Å²) in [5, 5.41) is 3.00. The topological polar surface area (TPSA) is 45.2 Å². The van der Waals surface area contributed by atoms with Gasteiger partial charge in [-0.2, -0.15) is 0 Å². The fraction of sp³-hybridized carbons (Fsp3) is 0.538. The van der Waals surface area contributed by atoms with E-state index in [9.17, 15) is 4.79 Å². The van der Waals surface area contributed by atoms with Crippen LogP contribution in [-0.2, 0) is 4.79 Å². The molecule has 0 radical (unpaired) electrons.